The topological polar surface area (TPSA) is 66.4 Å². The average molecular weight is 417 g/mol. The number of aromatic carboxylic acids is 1. The van der Waals surface area contributed by atoms with Gasteiger partial charge in [-0.1, -0.05) is 6.07 Å². The minimum atomic E-state index is -1.13. The highest BCUT2D eigenvalue weighted by molar-refractivity contribution is 9.10. The lowest BCUT2D eigenvalue weighted by Crippen LogP contribution is -2.15. The maximum absolute atomic E-state index is 13.7. The third kappa shape index (κ3) is 3.48. The van der Waals surface area contributed by atoms with Crippen LogP contribution in [0.1, 0.15) is 20.7 Å². The highest BCUT2D eigenvalue weighted by Gasteiger charge is 2.16. The molecule has 0 aliphatic rings. The fourth-order valence-corrected chi connectivity index (χ4v) is 2.61. The van der Waals surface area contributed by atoms with Gasteiger partial charge in [0.2, 0.25) is 0 Å². The number of halogens is 3. The zero-order chi connectivity index (χ0) is 15.6. The molecule has 0 atom stereocenters. The lowest BCUT2D eigenvalue weighted by Gasteiger charge is -2.09. The van der Waals surface area contributed by atoms with Gasteiger partial charge in [-0.05, 0) is 62.2 Å². The van der Waals surface area contributed by atoms with Gasteiger partial charge in [0.25, 0.3) is 5.91 Å². The Hall–Kier alpha value is -1.73. The number of nitrogens with one attached hydrogen (secondary N) is 1. The smallest absolute Gasteiger partial charge is 0.336 e. The summed E-state index contributed by atoms with van der Waals surface area (Å²) in [6.07, 6.45) is 0. The van der Waals surface area contributed by atoms with Gasteiger partial charge < -0.3 is 10.4 Å². The fourth-order valence-electron chi connectivity index (χ4n) is 1.68. The Morgan fingerprint density at radius 1 is 1.10 bits per heavy atom. The van der Waals surface area contributed by atoms with Crippen LogP contribution in [0.3, 0.4) is 0 Å². The van der Waals surface area contributed by atoms with Gasteiger partial charge in [-0.25, -0.2) is 9.18 Å². The molecule has 0 spiro atoms. The number of carbonyl (C=O) groups is 2. The van der Waals surface area contributed by atoms with Crippen molar-refractivity contribution >= 4 is 49.4 Å². The number of carbonyl (C=O) groups excluding carboxylic acids is 1. The van der Waals surface area contributed by atoms with E-state index in [-0.39, 0.29) is 16.8 Å². The first-order valence-corrected chi connectivity index (χ1v) is 7.27. The molecule has 0 aromatic heterocycles. The van der Waals surface area contributed by atoms with Crippen LogP contribution in [0.15, 0.2) is 45.3 Å². The molecule has 0 saturated carbocycles. The molecule has 2 rings (SSSR count). The third-order valence-electron chi connectivity index (χ3n) is 2.64. The van der Waals surface area contributed by atoms with Crippen molar-refractivity contribution in [2.45, 2.75) is 0 Å². The molecule has 0 fully saturated rings. The van der Waals surface area contributed by atoms with E-state index in [1.807, 2.05) is 0 Å². The second-order valence-electron chi connectivity index (χ2n) is 4.05. The van der Waals surface area contributed by atoms with Gasteiger partial charge in [0, 0.05) is 14.6 Å². The summed E-state index contributed by atoms with van der Waals surface area (Å²) in [5.41, 5.74) is 0.119. The Kier molecular flexibility index (Phi) is 4.74. The molecule has 0 aliphatic heterocycles. The SMILES string of the molecule is O=C(O)c1cc(NC(=O)c2c(F)cccc2Br)ccc1Br. The molecule has 21 heavy (non-hydrogen) atoms. The van der Waals surface area contributed by atoms with Crippen molar-refractivity contribution in [3.8, 4) is 0 Å². The summed E-state index contributed by atoms with van der Waals surface area (Å²) in [7, 11) is 0. The lowest BCUT2D eigenvalue weighted by atomic mass is 10.1. The van der Waals surface area contributed by atoms with Crippen LogP contribution in [0.5, 0.6) is 0 Å². The van der Waals surface area contributed by atoms with E-state index in [4.69, 9.17) is 5.11 Å². The molecule has 2 aromatic carbocycles. The highest BCUT2D eigenvalue weighted by Crippen LogP contribution is 2.24. The Labute approximate surface area is 136 Å². The second-order valence-corrected chi connectivity index (χ2v) is 5.76. The number of amides is 1. The van der Waals surface area contributed by atoms with E-state index in [2.05, 4.69) is 37.2 Å². The Morgan fingerprint density at radius 2 is 1.81 bits per heavy atom. The van der Waals surface area contributed by atoms with Crippen molar-refractivity contribution in [2.75, 3.05) is 5.32 Å². The number of benzene rings is 2. The zero-order valence-electron chi connectivity index (χ0n) is 10.4. The van der Waals surface area contributed by atoms with Crippen molar-refractivity contribution in [3.05, 3.63) is 62.3 Å². The summed E-state index contributed by atoms with van der Waals surface area (Å²) >= 11 is 6.21. The molecule has 108 valence electrons. The summed E-state index contributed by atoms with van der Waals surface area (Å²) in [6, 6.07) is 8.49. The predicted molar refractivity (Wildman–Crippen MR) is 83.2 cm³/mol. The van der Waals surface area contributed by atoms with Crippen molar-refractivity contribution in [2.24, 2.45) is 0 Å². The normalized spacial score (nSPS) is 10.2. The molecule has 7 heteroatoms. The molecule has 0 heterocycles. The number of hydrogen-bond acceptors (Lipinski definition) is 2. The second kappa shape index (κ2) is 6.36. The Morgan fingerprint density at radius 3 is 2.43 bits per heavy atom. The van der Waals surface area contributed by atoms with Crippen molar-refractivity contribution < 1.29 is 19.1 Å². The molecular weight excluding hydrogens is 409 g/mol. The predicted octanol–water partition coefficient (Wildman–Crippen LogP) is 4.30. The summed E-state index contributed by atoms with van der Waals surface area (Å²) in [4.78, 5) is 23.1. The van der Waals surface area contributed by atoms with E-state index in [0.29, 0.717) is 8.95 Å². The maximum atomic E-state index is 13.7. The number of hydrogen-bond donors (Lipinski definition) is 2. The van der Waals surface area contributed by atoms with Crippen LogP contribution < -0.4 is 5.32 Å². The minimum absolute atomic E-state index is 0.000370. The van der Waals surface area contributed by atoms with Crippen LogP contribution in [-0.4, -0.2) is 17.0 Å². The standard InChI is InChI=1S/C14H8Br2FNO3/c15-9-5-4-7(6-8(9)14(20)21)18-13(19)12-10(16)2-1-3-11(12)17/h1-6H,(H,18,19)(H,20,21). The van der Waals surface area contributed by atoms with E-state index < -0.39 is 17.7 Å². The average Bonchev–Trinajstić information content (AvgIpc) is 2.40. The molecule has 0 aliphatic carbocycles. The summed E-state index contributed by atoms with van der Waals surface area (Å²) in [5, 5.41) is 11.5. The molecule has 1 amide bonds. The molecule has 2 N–H and O–H groups in total. The first kappa shape index (κ1) is 15.7. The van der Waals surface area contributed by atoms with Gasteiger partial charge in [-0.2, -0.15) is 0 Å². The summed E-state index contributed by atoms with van der Waals surface area (Å²) < 4.78 is 14.4. The maximum Gasteiger partial charge on any atom is 0.336 e. The highest BCUT2D eigenvalue weighted by atomic mass is 79.9. The van der Waals surface area contributed by atoms with Crippen LogP contribution in [0, 0.1) is 5.82 Å². The first-order valence-electron chi connectivity index (χ1n) is 5.68. The Balaban J connectivity index is 2.32. The first-order chi connectivity index (χ1) is 9.90. The van der Waals surface area contributed by atoms with E-state index in [1.165, 1.54) is 30.3 Å². The largest absolute Gasteiger partial charge is 0.478 e. The molecule has 0 radical (unpaired) electrons. The minimum Gasteiger partial charge on any atom is -0.478 e. The van der Waals surface area contributed by atoms with Gasteiger partial charge in [0.15, 0.2) is 0 Å². The monoisotopic (exact) mass is 415 g/mol. The van der Waals surface area contributed by atoms with E-state index >= 15 is 0 Å². The van der Waals surface area contributed by atoms with Gasteiger partial charge >= 0.3 is 5.97 Å². The van der Waals surface area contributed by atoms with E-state index in [0.717, 1.165) is 0 Å². The van der Waals surface area contributed by atoms with Crippen molar-refractivity contribution in [3.63, 3.8) is 0 Å². The van der Waals surface area contributed by atoms with Crippen LogP contribution in [0.4, 0.5) is 10.1 Å². The van der Waals surface area contributed by atoms with Gasteiger partial charge in [-0.15, -0.1) is 0 Å². The third-order valence-corrected chi connectivity index (χ3v) is 4.00. The number of rotatable bonds is 3. The van der Waals surface area contributed by atoms with E-state index in [9.17, 15) is 14.0 Å². The fraction of sp³-hybridized carbons (Fsp3) is 0. The Bertz CT molecular complexity index is 714. The van der Waals surface area contributed by atoms with E-state index in [1.54, 1.807) is 6.07 Å². The van der Waals surface area contributed by atoms with Crippen molar-refractivity contribution in [1.82, 2.24) is 0 Å². The molecule has 4 nitrogen and oxygen atoms in total. The molecule has 2 aromatic rings. The van der Waals surface area contributed by atoms with Crippen LogP contribution in [-0.2, 0) is 0 Å². The van der Waals surface area contributed by atoms with Gasteiger partial charge in [-0.3, -0.25) is 4.79 Å². The quantitative estimate of drug-likeness (QED) is 0.783. The van der Waals surface area contributed by atoms with Crippen LogP contribution >= 0.6 is 31.9 Å². The number of carboxylic acids is 1. The molecule has 0 bridgehead atoms. The molecular formula is C14H8Br2FNO3. The zero-order valence-corrected chi connectivity index (χ0v) is 13.5. The summed E-state index contributed by atoms with van der Waals surface area (Å²) in [6.45, 7) is 0. The molecule has 0 saturated heterocycles. The number of carboxylic acid groups (broad SMARTS) is 1. The number of anilines is 1. The summed E-state index contributed by atoms with van der Waals surface area (Å²) in [5.74, 6) is -2.47. The lowest BCUT2D eigenvalue weighted by molar-refractivity contribution is 0.0695. The van der Waals surface area contributed by atoms with Crippen LogP contribution in [0.25, 0.3) is 0 Å². The molecule has 0 unspecified atom stereocenters. The van der Waals surface area contributed by atoms with Gasteiger partial charge in [0.1, 0.15) is 5.82 Å². The van der Waals surface area contributed by atoms with Gasteiger partial charge in [0.05, 0.1) is 11.1 Å². The van der Waals surface area contributed by atoms with Crippen LogP contribution in [0.2, 0.25) is 0 Å². The van der Waals surface area contributed by atoms with Crippen molar-refractivity contribution in [1.29, 1.82) is 0 Å².